The van der Waals surface area contributed by atoms with Crippen LogP contribution in [0.5, 0.6) is 0 Å². The van der Waals surface area contributed by atoms with Gasteiger partial charge >= 0.3 is 5.97 Å². The minimum Gasteiger partial charge on any atom is -0.462 e. The molecule has 0 saturated heterocycles. The van der Waals surface area contributed by atoms with Crippen LogP contribution >= 0.6 is 0 Å². The van der Waals surface area contributed by atoms with Gasteiger partial charge in [0.15, 0.2) is 0 Å². The maximum Gasteiger partial charge on any atom is 0.341 e. The standard InChI is InChI=1S/C10H16O2/c1-4-6-8-12-10(11)9(3)7-5-2/h5H,4,6,8H2,1-3H3. The minimum absolute atomic E-state index is 0.262. The summed E-state index contributed by atoms with van der Waals surface area (Å²) in [5.74, 6) is -0.262. The Bertz CT molecular complexity index is 198. The van der Waals surface area contributed by atoms with Crippen molar-refractivity contribution in [2.75, 3.05) is 6.61 Å². The van der Waals surface area contributed by atoms with E-state index >= 15 is 0 Å². The summed E-state index contributed by atoms with van der Waals surface area (Å²) >= 11 is 0. The monoisotopic (exact) mass is 168 g/mol. The molecular formula is C10H16O2. The Morgan fingerprint density at radius 3 is 2.75 bits per heavy atom. The second-order valence-electron chi connectivity index (χ2n) is 2.55. The van der Waals surface area contributed by atoms with Crippen molar-refractivity contribution < 1.29 is 9.53 Å². The van der Waals surface area contributed by atoms with Crippen LogP contribution in [0.15, 0.2) is 17.4 Å². The molecule has 0 aromatic carbocycles. The normalized spacial score (nSPS) is 8.58. The first kappa shape index (κ1) is 11.0. The third kappa shape index (κ3) is 4.75. The zero-order valence-electron chi connectivity index (χ0n) is 8.02. The van der Waals surface area contributed by atoms with Crippen molar-refractivity contribution >= 4 is 5.97 Å². The highest BCUT2D eigenvalue weighted by Gasteiger charge is 2.02. The zero-order chi connectivity index (χ0) is 9.40. The molecule has 0 aliphatic carbocycles. The van der Waals surface area contributed by atoms with Gasteiger partial charge in [0.2, 0.25) is 0 Å². The molecule has 0 unspecified atom stereocenters. The predicted molar refractivity (Wildman–Crippen MR) is 48.8 cm³/mol. The highest BCUT2D eigenvalue weighted by atomic mass is 16.5. The maximum absolute atomic E-state index is 11.1. The van der Waals surface area contributed by atoms with Crippen molar-refractivity contribution in [1.82, 2.24) is 0 Å². The van der Waals surface area contributed by atoms with Crippen molar-refractivity contribution in [1.29, 1.82) is 0 Å². The number of esters is 1. The second-order valence-corrected chi connectivity index (χ2v) is 2.55. The number of hydrogen-bond donors (Lipinski definition) is 0. The maximum atomic E-state index is 11.1. The number of rotatable bonds is 4. The van der Waals surface area contributed by atoms with Crippen molar-refractivity contribution in [2.45, 2.75) is 33.6 Å². The molecule has 0 fully saturated rings. The van der Waals surface area contributed by atoms with Crippen LogP contribution < -0.4 is 0 Å². The van der Waals surface area contributed by atoms with E-state index in [1.54, 1.807) is 13.0 Å². The predicted octanol–water partition coefficient (Wildman–Crippen LogP) is 2.45. The first-order valence-electron chi connectivity index (χ1n) is 4.27. The minimum atomic E-state index is -0.262. The van der Waals surface area contributed by atoms with Crippen LogP contribution in [0.3, 0.4) is 0 Å². The van der Waals surface area contributed by atoms with Crippen LogP contribution in [0.1, 0.15) is 33.6 Å². The molecule has 0 radical (unpaired) electrons. The topological polar surface area (TPSA) is 26.3 Å². The zero-order valence-corrected chi connectivity index (χ0v) is 8.02. The van der Waals surface area contributed by atoms with Gasteiger partial charge in [0.25, 0.3) is 0 Å². The molecule has 0 bridgehead atoms. The van der Waals surface area contributed by atoms with Gasteiger partial charge in [0.1, 0.15) is 0 Å². The molecule has 0 aliphatic heterocycles. The quantitative estimate of drug-likeness (QED) is 0.279. The molecule has 0 aliphatic rings. The lowest BCUT2D eigenvalue weighted by molar-refractivity contribution is -0.139. The van der Waals surface area contributed by atoms with E-state index in [9.17, 15) is 4.79 Å². The van der Waals surface area contributed by atoms with E-state index in [1.807, 2.05) is 6.92 Å². The Kier molecular flexibility index (Phi) is 6.12. The van der Waals surface area contributed by atoms with E-state index < -0.39 is 0 Å². The van der Waals surface area contributed by atoms with Gasteiger partial charge in [-0.2, -0.15) is 0 Å². The molecule has 0 rings (SSSR count). The smallest absolute Gasteiger partial charge is 0.341 e. The Morgan fingerprint density at radius 1 is 1.58 bits per heavy atom. The fourth-order valence-electron chi connectivity index (χ4n) is 0.693. The SMILES string of the molecule is CC=C=C(C)C(=O)OCCCC. The molecule has 68 valence electrons. The third-order valence-corrected chi connectivity index (χ3v) is 1.40. The van der Waals surface area contributed by atoms with E-state index in [-0.39, 0.29) is 5.97 Å². The first-order chi connectivity index (χ1) is 5.72. The van der Waals surface area contributed by atoms with Gasteiger partial charge in [-0.1, -0.05) is 13.3 Å². The highest BCUT2D eigenvalue weighted by Crippen LogP contribution is 1.96. The number of carbonyl (C=O) groups is 1. The summed E-state index contributed by atoms with van der Waals surface area (Å²) < 4.78 is 4.94. The van der Waals surface area contributed by atoms with Crippen molar-refractivity contribution in [3.05, 3.63) is 17.4 Å². The summed E-state index contributed by atoms with van der Waals surface area (Å²) in [4.78, 5) is 11.1. The summed E-state index contributed by atoms with van der Waals surface area (Å²) in [6, 6.07) is 0. The first-order valence-corrected chi connectivity index (χ1v) is 4.27. The highest BCUT2D eigenvalue weighted by molar-refractivity contribution is 5.87. The van der Waals surface area contributed by atoms with Crippen molar-refractivity contribution in [3.63, 3.8) is 0 Å². The molecule has 0 saturated carbocycles. The van der Waals surface area contributed by atoms with Crippen molar-refractivity contribution in [3.8, 4) is 0 Å². The molecule has 12 heavy (non-hydrogen) atoms. The molecule has 0 heterocycles. The molecule has 0 N–H and O–H groups in total. The van der Waals surface area contributed by atoms with Crippen LogP contribution in [0, 0.1) is 0 Å². The van der Waals surface area contributed by atoms with E-state index in [0.717, 1.165) is 12.8 Å². The molecule has 0 spiro atoms. The number of hydrogen-bond acceptors (Lipinski definition) is 2. The lowest BCUT2D eigenvalue weighted by Gasteiger charge is -2.01. The summed E-state index contributed by atoms with van der Waals surface area (Å²) in [5.41, 5.74) is 3.33. The summed E-state index contributed by atoms with van der Waals surface area (Å²) in [6.07, 6.45) is 3.67. The molecular weight excluding hydrogens is 152 g/mol. The summed E-state index contributed by atoms with van der Waals surface area (Å²) in [6.45, 7) is 6.09. The van der Waals surface area contributed by atoms with Gasteiger partial charge in [-0.25, -0.2) is 4.79 Å². The Hall–Kier alpha value is -1.01. The molecule has 2 nitrogen and oxygen atoms in total. The number of carbonyl (C=O) groups excluding carboxylic acids is 1. The number of ether oxygens (including phenoxy) is 1. The summed E-state index contributed by atoms with van der Waals surface area (Å²) in [5, 5.41) is 0. The fourth-order valence-corrected chi connectivity index (χ4v) is 0.693. The van der Waals surface area contributed by atoms with E-state index in [0.29, 0.717) is 12.2 Å². The average molecular weight is 168 g/mol. The average Bonchev–Trinajstić information content (AvgIpc) is 2.05. The van der Waals surface area contributed by atoms with Crippen LogP contribution in [0.25, 0.3) is 0 Å². The van der Waals surface area contributed by atoms with Gasteiger partial charge in [-0.15, -0.1) is 5.73 Å². The number of unbranched alkanes of at least 4 members (excludes halogenated alkanes) is 1. The Balaban J connectivity index is 3.81. The molecule has 0 atom stereocenters. The molecule has 0 aromatic rings. The third-order valence-electron chi connectivity index (χ3n) is 1.40. The Labute approximate surface area is 73.9 Å². The van der Waals surface area contributed by atoms with Crippen LogP contribution in [-0.4, -0.2) is 12.6 Å². The lowest BCUT2D eigenvalue weighted by atomic mass is 10.3. The van der Waals surface area contributed by atoms with Crippen LogP contribution in [-0.2, 0) is 9.53 Å². The van der Waals surface area contributed by atoms with Gasteiger partial charge in [0, 0.05) is 0 Å². The van der Waals surface area contributed by atoms with Crippen LogP contribution in [0.2, 0.25) is 0 Å². The molecule has 0 aromatic heterocycles. The van der Waals surface area contributed by atoms with Crippen LogP contribution in [0.4, 0.5) is 0 Å². The van der Waals surface area contributed by atoms with E-state index in [2.05, 4.69) is 12.7 Å². The second kappa shape index (κ2) is 6.68. The van der Waals surface area contributed by atoms with Crippen molar-refractivity contribution in [2.24, 2.45) is 0 Å². The van der Waals surface area contributed by atoms with E-state index in [1.165, 1.54) is 0 Å². The van der Waals surface area contributed by atoms with Gasteiger partial charge in [-0.05, 0) is 26.3 Å². The van der Waals surface area contributed by atoms with Gasteiger partial charge < -0.3 is 4.74 Å². The Morgan fingerprint density at radius 2 is 2.25 bits per heavy atom. The molecule has 0 amide bonds. The summed E-state index contributed by atoms with van der Waals surface area (Å²) in [7, 11) is 0. The lowest BCUT2D eigenvalue weighted by Crippen LogP contribution is -2.06. The fraction of sp³-hybridized carbons (Fsp3) is 0.600. The van der Waals surface area contributed by atoms with E-state index in [4.69, 9.17) is 4.74 Å². The molecule has 2 heteroatoms. The largest absolute Gasteiger partial charge is 0.462 e. The van der Waals surface area contributed by atoms with Gasteiger partial charge in [0.05, 0.1) is 12.2 Å². The van der Waals surface area contributed by atoms with Gasteiger partial charge in [-0.3, -0.25) is 0 Å².